The van der Waals surface area contributed by atoms with Crippen molar-refractivity contribution in [3.8, 4) is 11.3 Å². The smallest absolute Gasteiger partial charge is 0.146 e. The molecule has 0 atom stereocenters. The van der Waals surface area contributed by atoms with Gasteiger partial charge in [-0.05, 0) is 25.1 Å². The summed E-state index contributed by atoms with van der Waals surface area (Å²) in [4.78, 5) is 3.23. The standard InChI is InChI=1S/C13H13FN4/c1-7-9(6-18(2)17-7)13-4-8-3-10(14)11(15)5-12(8)16-13/h3-6,16H,15H2,1-2H3. The second-order valence-electron chi connectivity index (χ2n) is 4.45. The van der Waals surface area contributed by atoms with E-state index in [-0.39, 0.29) is 5.69 Å². The van der Waals surface area contributed by atoms with Gasteiger partial charge in [0, 0.05) is 35.4 Å². The van der Waals surface area contributed by atoms with E-state index in [0.717, 1.165) is 27.9 Å². The van der Waals surface area contributed by atoms with Crippen LogP contribution in [0.2, 0.25) is 0 Å². The maximum Gasteiger partial charge on any atom is 0.146 e. The predicted molar refractivity (Wildman–Crippen MR) is 69.6 cm³/mol. The van der Waals surface area contributed by atoms with Crippen molar-refractivity contribution >= 4 is 16.6 Å². The van der Waals surface area contributed by atoms with Crippen molar-refractivity contribution in [3.63, 3.8) is 0 Å². The molecular weight excluding hydrogens is 231 g/mol. The number of hydrogen-bond acceptors (Lipinski definition) is 2. The number of rotatable bonds is 1. The molecule has 1 aromatic carbocycles. The Kier molecular flexibility index (Phi) is 2.16. The maximum atomic E-state index is 13.4. The Bertz CT molecular complexity index is 700. The molecule has 4 nitrogen and oxygen atoms in total. The van der Waals surface area contributed by atoms with Gasteiger partial charge in [0.1, 0.15) is 5.82 Å². The number of nitrogens with one attached hydrogen (secondary N) is 1. The lowest BCUT2D eigenvalue weighted by Gasteiger charge is -1.95. The first-order valence-electron chi connectivity index (χ1n) is 5.63. The van der Waals surface area contributed by atoms with Gasteiger partial charge in [-0.25, -0.2) is 4.39 Å². The van der Waals surface area contributed by atoms with Gasteiger partial charge in [0.05, 0.1) is 11.4 Å². The average Bonchev–Trinajstić information content (AvgIpc) is 2.82. The molecule has 3 N–H and O–H groups in total. The lowest BCUT2D eigenvalue weighted by molar-refractivity contribution is 0.634. The number of aromatic amines is 1. The van der Waals surface area contributed by atoms with Crippen LogP contribution in [0.1, 0.15) is 5.69 Å². The number of aryl methyl sites for hydroxylation is 2. The number of hydrogen-bond donors (Lipinski definition) is 2. The van der Waals surface area contributed by atoms with Gasteiger partial charge in [-0.2, -0.15) is 5.10 Å². The summed E-state index contributed by atoms with van der Waals surface area (Å²) < 4.78 is 15.1. The molecular formula is C13H13FN4. The molecule has 0 spiro atoms. The molecule has 92 valence electrons. The molecule has 2 aromatic heterocycles. The predicted octanol–water partition coefficient (Wildman–Crippen LogP) is 2.60. The molecule has 5 heteroatoms. The highest BCUT2D eigenvalue weighted by molar-refractivity contribution is 5.88. The molecule has 2 heterocycles. The van der Waals surface area contributed by atoms with E-state index in [2.05, 4.69) is 10.1 Å². The first kappa shape index (κ1) is 10.8. The minimum Gasteiger partial charge on any atom is -0.396 e. The van der Waals surface area contributed by atoms with Gasteiger partial charge in [-0.1, -0.05) is 0 Å². The average molecular weight is 244 g/mol. The zero-order valence-electron chi connectivity index (χ0n) is 10.2. The Morgan fingerprint density at radius 1 is 1.33 bits per heavy atom. The fourth-order valence-electron chi connectivity index (χ4n) is 2.18. The number of anilines is 1. The molecule has 0 unspecified atom stereocenters. The van der Waals surface area contributed by atoms with Crippen molar-refractivity contribution in [2.24, 2.45) is 7.05 Å². The lowest BCUT2D eigenvalue weighted by Crippen LogP contribution is -1.89. The van der Waals surface area contributed by atoms with Crippen LogP contribution in [0.4, 0.5) is 10.1 Å². The van der Waals surface area contributed by atoms with Crippen LogP contribution in [-0.4, -0.2) is 14.8 Å². The minimum atomic E-state index is -0.393. The van der Waals surface area contributed by atoms with Crippen molar-refractivity contribution in [1.82, 2.24) is 14.8 Å². The highest BCUT2D eigenvalue weighted by Gasteiger charge is 2.10. The van der Waals surface area contributed by atoms with E-state index in [0.29, 0.717) is 0 Å². The van der Waals surface area contributed by atoms with E-state index in [1.165, 1.54) is 6.07 Å². The van der Waals surface area contributed by atoms with Crippen molar-refractivity contribution in [2.45, 2.75) is 6.92 Å². The summed E-state index contributed by atoms with van der Waals surface area (Å²) in [5, 5.41) is 5.10. The number of nitrogens with two attached hydrogens (primary N) is 1. The summed E-state index contributed by atoms with van der Waals surface area (Å²) in [5.41, 5.74) is 9.39. The molecule has 0 aliphatic carbocycles. The number of nitrogens with zero attached hydrogens (tertiary/aromatic N) is 2. The molecule has 0 fully saturated rings. The van der Waals surface area contributed by atoms with E-state index in [1.54, 1.807) is 10.7 Å². The topological polar surface area (TPSA) is 59.6 Å². The van der Waals surface area contributed by atoms with Crippen molar-refractivity contribution in [3.05, 3.63) is 35.9 Å². The summed E-state index contributed by atoms with van der Waals surface area (Å²) in [6, 6.07) is 4.96. The number of benzene rings is 1. The summed E-state index contributed by atoms with van der Waals surface area (Å²) in [5.74, 6) is -0.393. The number of nitrogen functional groups attached to an aromatic ring is 1. The van der Waals surface area contributed by atoms with Crippen molar-refractivity contribution < 1.29 is 4.39 Å². The van der Waals surface area contributed by atoms with Crippen LogP contribution in [0.3, 0.4) is 0 Å². The minimum absolute atomic E-state index is 0.152. The van der Waals surface area contributed by atoms with E-state index in [4.69, 9.17) is 5.73 Å². The highest BCUT2D eigenvalue weighted by Crippen LogP contribution is 2.28. The summed E-state index contributed by atoms with van der Waals surface area (Å²) in [6.07, 6.45) is 1.93. The quantitative estimate of drug-likeness (QED) is 0.646. The van der Waals surface area contributed by atoms with Crippen LogP contribution in [0, 0.1) is 12.7 Å². The van der Waals surface area contributed by atoms with Gasteiger partial charge in [-0.3, -0.25) is 4.68 Å². The molecule has 0 radical (unpaired) electrons. The van der Waals surface area contributed by atoms with E-state index in [9.17, 15) is 4.39 Å². The second kappa shape index (κ2) is 3.60. The number of aromatic nitrogens is 3. The van der Waals surface area contributed by atoms with Gasteiger partial charge in [0.2, 0.25) is 0 Å². The largest absolute Gasteiger partial charge is 0.396 e. The number of fused-ring (bicyclic) bond motifs is 1. The lowest BCUT2D eigenvalue weighted by atomic mass is 10.2. The van der Waals surface area contributed by atoms with Crippen LogP contribution in [-0.2, 0) is 7.05 Å². The molecule has 0 bridgehead atoms. The summed E-state index contributed by atoms with van der Waals surface area (Å²) in [7, 11) is 1.87. The van der Waals surface area contributed by atoms with Gasteiger partial charge in [0.25, 0.3) is 0 Å². The number of H-pyrrole nitrogens is 1. The summed E-state index contributed by atoms with van der Waals surface area (Å²) in [6.45, 7) is 1.94. The zero-order chi connectivity index (χ0) is 12.9. The Morgan fingerprint density at radius 2 is 2.11 bits per heavy atom. The van der Waals surface area contributed by atoms with E-state index < -0.39 is 5.82 Å². The van der Waals surface area contributed by atoms with Gasteiger partial charge >= 0.3 is 0 Å². The Hall–Kier alpha value is -2.30. The maximum absolute atomic E-state index is 13.4. The summed E-state index contributed by atoms with van der Waals surface area (Å²) >= 11 is 0. The first-order valence-corrected chi connectivity index (χ1v) is 5.63. The third-order valence-corrected chi connectivity index (χ3v) is 3.04. The fourth-order valence-corrected chi connectivity index (χ4v) is 2.18. The van der Waals surface area contributed by atoms with Gasteiger partial charge < -0.3 is 10.7 Å². The number of halogens is 1. The molecule has 0 aliphatic heterocycles. The van der Waals surface area contributed by atoms with E-state index in [1.807, 2.05) is 26.2 Å². The van der Waals surface area contributed by atoms with E-state index >= 15 is 0 Å². The van der Waals surface area contributed by atoms with Crippen molar-refractivity contribution in [1.29, 1.82) is 0 Å². The SMILES string of the molecule is Cc1nn(C)cc1-c1cc2cc(F)c(N)cc2[nH]1. The highest BCUT2D eigenvalue weighted by atomic mass is 19.1. The monoisotopic (exact) mass is 244 g/mol. The zero-order valence-corrected chi connectivity index (χ0v) is 10.2. The molecule has 0 saturated carbocycles. The fraction of sp³-hybridized carbons (Fsp3) is 0.154. The van der Waals surface area contributed by atoms with Crippen LogP contribution in [0.5, 0.6) is 0 Å². The Labute approximate surface area is 103 Å². The Balaban J connectivity index is 2.22. The first-order chi connectivity index (χ1) is 8.54. The molecule has 18 heavy (non-hydrogen) atoms. The molecule has 0 aliphatic rings. The molecule has 3 aromatic rings. The van der Waals surface area contributed by atoms with Crippen molar-refractivity contribution in [2.75, 3.05) is 5.73 Å². The third kappa shape index (κ3) is 1.55. The molecule has 0 amide bonds. The van der Waals surface area contributed by atoms with Gasteiger partial charge in [-0.15, -0.1) is 0 Å². The van der Waals surface area contributed by atoms with Crippen LogP contribution in [0.25, 0.3) is 22.2 Å². The second-order valence-corrected chi connectivity index (χ2v) is 4.45. The molecule has 0 saturated heterocycles. The van der Waals surface area contributed by atoms with Crippen LogP contribution < -0.4 is 5.73 Å². The van der Waals surface area contributed by atoms with Crippen LogP contribution in [0.15, 0.2) is 24.4 Å². The third-order valence-electron chi connectivity index (χ3n) is 3.04. The normalized spacial score (nSPS) is 11.3. The Morgan fingerprint density at radius 3 is 2.78 bits per heavy atom. The van der Waals surface area contributed by atoms with Crippen LogP contribution >= 0.6 is 0 Å². The molecule has 3 rings (SSSR count). The van der Waals surface area contributed by atoms with Gasteiger partial charge in [0.15, 0.2) is 0 Å².